The summed E-state index contributed by atoms with van der Waals surface area (Å²) in [7, 11) is 0. The van der Waals surface area contributed by atoms with Crippen LogP contribution in [-0.2, 0) is 6.42 Å². The highest BCUT2D eigenvalue weighted by Gasteiger charge is 2.25. The topological polar surface area (TPSA) is 58.1 Å². The average Bonchev–Trinajstić information content (AvgIpc) is 3.08. The summed E-state index contributed by atoms with van der Waals surface area (Å²) < 4.78 is 1.01. The van der Waals surface area contributed by atoms with Gasteiger partial charge in [-0.2, -0.15) is 0 Å². The number of fused-ring (bicyclic) bond motifs is 1. The van der Waals surface area contributed by atoms with Crippen molar-refractivity contribution in [1.82, 2.24) is 9.97 Å². The molecule has 5 nitrogen and oxygen atoms in total. The number of nitrogens with zero attached hydrogens (tertiary/aromatic N) is 3. The first-order valence-corrected chi connectivity index (χ1v) is 8.74. The number of benzene rings is 2. The Hall–Kier alpha value is -2.73. The Kier molecular flexibility index (Phi) is 4.19. The van der Waals surface area contributed by atoms with E-state index in [1.165, 1.54) is 5.56 Å². The Balaban J connectivity index is 1.50. The predicted octanol–water partition coefficient (Wildman–Crippen LogP) is 4.19. The molecule has 0 bridgehead atoms. The Morgan fingerprint density at radius 3 is 2.52 bits per heavy atom. The van der Waals surface area contributed by atoms with Gasteiger partial charge in [-0.1, -0.05) is 34.1 Å². The number of halogens is 1. The van der Waals surface area contributed by atoms with E-state index in [0.29, 0.717) is 18.1 Å². The van der Waals surface area contributed by atoms with Crippen molar-refractivity contribution in [2.75, 3.05) is 16.8 Å². The first kappa shape index (κ1) is 15.8. The summed E-state index contributed by atoms with van der Waals surface area (Å²) in [5.74, 6) is 0.390. The molecule has 1 N–H and O–H groups in total. The second-order valence-corrected chi connectivity index (χ2v) is 6.68. The molecule has 1 aliphatic heterocycles. The lowest BCUT2D eigenvalue weighted by Gasteiger charge is -2.17. The lowest BCUT2D eigenvalue weighted by molar-refractivity contribution is 0.0988. The van der Waals surface area contributed by atoms with Crippen LogP contribution < -0.4 is 10.2 Å². The number of amides is 1. The van der Waals surface area contributed by atoms with E-state index in [4.69, 9.17) is 0 Å². The quantitative estimate of drug-likeness (QED) is 0.723. The molecule has 2 aromatic carbocycles. The molecule has 1 aliphatic rings. The third kappa shape index (κ3) is 3.25. The molecule has 6 heteroatoms. The highest BCUT2D eigenvalue weighted by atomic mass is 79.9. The zero-order chi connectivity index (χ0) is 17.2. The fourth-order valence-corrected chi connectivity index (χ4v) is 3.13. The first-order chi connectivity index (χ1) is 12.2. The van der Waals surface area contributed by atoms with Gasteiger partial charge in [0.15, 0.2) is 0 Å². The van der Waals surface area contributed by atoms with E-state index >= 15 is 0 Å². The van der Waals surface area contributed by atoms with Gasteiger partial charge in [0, 0.05) is 34.8 Å². The summed E-state index contributed by atoms with van der Waals surface area (Å²) in [5, 5.41) is 3.11. The standard InChI is InChI=1S/C19H15BrN4O/c20-15-5-7-16(8-6-15)23-19-21-11-14(12-22-19)18(25)24-10-9-13-3-1-2-4-17(13)24/h1-8,11-12H,9-10H2,(H,21,22,23). The lowest BCUT2D eigenvalue weighted by atomic mass is 10.2. The molecular weight excluding hydrogens is 380 g/mol. The van der Waals surface area contributed by atoms with Gasteiger partial charge in [0.05, 0.1) is 5.56 Å². The molecule has 3 aromatic rings. The summed E-state index contributed by atoms with van der Waals surface area (Å²) in [6, 6.07) is 15.7. The van der Waals surface area contributed by atoms with Gasteiger partial charge in [0.1, 0.15) is 0 Å². The van der Waals surface area contributed by atoms with Crippen molar-refractivity contribution in [2.24, 2.45) is 0 Å². The maximum absolute atomic E-state index is 12.7. The van der Waals surface area contributed by atoms with Gasteiger partial charge < -0.3 is 10.2 Å². The zero-order valence-electron chi connectivity index (χ0n) is 13.3. The number of para-hydroxylation sites is 1. The van der Waals surface area contributed by atoms with Crippen LogP contribution in [0, 0.1) is 0 Å². The second kappa shape index (κ2) is 6.64. The van der Waals surface area contributed by atoms with Gasteiger partial charge in [-0.15, -0.1) is 0 Å². The van der Waals surface area contributed by atoms with Crippen LogP contribution >= 0.6 is 15.9 Å². The minimum absolute atomic E-state index is 0.0693. The van der Waals surface area contributed by atoms with Crippen LogP contribution in [0.5, 0.6) is 0 Å². The molecule has 0 aliphatic carbocycles. The molecule has 0 radical (unpaired) electrons. The third-order valence-corrected chi connectivity index (χ3v) is 4.66. The van der Waals surface area contributed by atoms with E-state index in [2.05, 4.69) is 37.3 Å². The Bertz CT molecular complexity index is 909. The summed E-state index contributed by atoms with van der Waals surface area (Å²) in [6.45, 7) is 0.692. The summed E-state index contributed by atoms with van der Waals surface area (Å²) in [5.41, 5.74) is 3.55. The number of carbonyl (C=O) groups is 1. The van der Waals surface area contributed by atoms with Crippen LogP contribution in [0.15, 0.2) is 65.4 Å². The van der Waals surface area contributed by atoms with E-state index in [-0.39, 0.29) is 5.91 Å². The van der Waals surface area contributed by atoms with Crippen LogP contribution in [0.4, 0.5) is 17.3 Å². The molecule has 0 saturated carbocycles. The Labute approximate surface area is 153 Å². The second-order valence-electron chi connectivity index (χ2n) is 5.76. The fraction of sp³-hybridized carbons (Fsp3) is 0.105. The maximum Gasteiger partial charge on any atom is 0.261 e. The van der Waals surface area contributed by atoms with E-state index < -0.39 is 0 Å². The normalized spacial score (nSPS) is 12.8. The largest absolute Gasteiger partial charge is 0.324 e. The van der Waals surface area contributed by atoms with Crippen molar-refractivity contribution in [3.8, 4) is 0 Å². The van der Waals surface area contributed by atoms with Crippen molar-refractivity contribution < 1.29 is 4.79 Å². The van der Waals surface area contributed by atoms with Gasteiger partial charge in [-0.05, 0) is 42.3 Å². The smallest absolute Gasteiger partial charge is 0.261 e. The third-order valence-electron chi connectivity index (χ3n) is 4.13. The van der Waals surface area contributed by atoms with Gasteiger partial charge >= 0.3 is 0 Å². The minimum Gasteiger partial charge on any atom is -0.324 e. The van der Waals surface area contributed by atoms with E-state index in [0.717, 1.165) is 22.3 Å². The minimum atomic E-state index is -0.0693. The molecule has 124 valence electrons. The molecule has 0 spiro atoms. The van der Waals surface area contributed by atoms with Crippen molar-refractivity contribution in [3.63, 3.8) is 0 Å². The Morgan fingerprint density at radius 2 is 1.76 bits per heavy atom. The van der Waals surface area contributed by atoms with E-state index in [9.17, 15) is 4.79 Å². The van der Waals surface area contributed by atoms with Gasteiger partial charge in [-0.3, -0.25) is 4.79 Å². The maximum atomic E-state index is 12.7. The number of hydrogen-bond acceptors (Lipinski definition) is 4. The van der Waals surface area contributed by atoms with E-state index in [1.807, 2.05) is 42.5 Å². The van der Waals surface area contributed by atoms with Crippen molar-refractivity contribution in [3.05, 3.63) is 76.5 Å². The highest BCUT2D eigenvalue weighted by molar-refractivity contribution is 9.10. The number of anilines is 3. The van der Waals surface area contributed by atoms with Crippen LogP contribution in [-0.4, -0.2) is 22.4 Å². The monoisotopic (exact) mass is 394 g/mol. The number of rotatable bonds is 3. The molecule has 0 saturated heterocycles. The van der Waals surface area contributed by atoms with E-state index in [1.54, 1.807) is 17.3 Å². The van der Waals surface area contributed by atoms with Crippen molar-refractivity contribution in [1.29, 1.82) is 0 Å². The molecule has 1 aromatic heterocycles. The number of nitrogens with one attached hydrogen (secondary N) is 1. The first-order valence-electron chi connectivity index (χ1n) is 7.95. The van der Waals surface area contributed by atoms with Crippen LogP contribution in [0.2, 0.25) is 0 Å². The lowest BCUT2D eigenvalue weighted by Crippen LogP contribution is -2.29. The number of carbonyl (C=O) groups excluding carboxylic acids is 1. The Morgan fingerprint density at radius 1 is 1.04 bits per heavy atom. The summed E-state index contributed by atoms with van der Waals surface area (Å²) in [6.07, 6.45) is 4.01. The predicted molar refractivity (Wildman–Crippen MR) is 101 cm³/mol. The summed E-state index contributed by atoms with van der Waals surface area (Å²) >= 11 is 3.40. The fourth-order valence-electron chi connectivity index (χ4n) is 2.87. The van der Waals surface area contributed by atoms with Gasteiger partial charge in [-0.25, -0.2) is 9.97 Å². The molecule has 1 amide bonds. The van der Waals surface area contributed by atoms with Crippen LogP contribution in [0.1, 0.15) is 15.9 Å². The highest BCUT2D eigenvalue weighted by Crippen LogP contribution is 2.28. The molecule has 0 fully saturated rings. The van der Waals surface area contributed by atoms with Crippen LogP contribution in [0.25, 0.3) is 0 Å². The van der Waals surface area contributed by atoms with Gasteiger partial charge in [0.25, 0.3) is 5.91 Å². The van der Waals surface area contributed by atoms with Crippen molar-refractivity contribution in [2.45, 2.75) is 6.42 Å². The van der Waals surface area contributed by atoms with Crippen molar-refractivity contribution >= 4 is 39.2 Å². The number of aromatic nitrogens is 2. The SMILES string of the molecule is O=C(c1cnc(Nc2ccc(Br)cc2)nc1)N1CCc2ccccc21. The molecule has 25 heavy (non-hydrogen) atoms. The summed E-state index contributed by atoms with van der Waals surface area (Å²) in [4.78, 5) is 23.1. The molecule has 0 atom stereocenters. The molecule has 0 unspecified atom stereocenters. The van der Waals surface area contributed by atoms with Gasteiger partial charge in [0.2, 0.25) is 5.95 Å². The molecule has 2 heterocycles. The molecular formula is C19H15BrN4O. The van der Waals surface area contributed by atoms with Crippen LogP contribution in [0.3, 0.4) is 0 Å². The average molecular weight is 395 g/mol. The zero-order valence-corrected chi connectivity index (χ0v) is 14.9. The number of hydrogen-bond donors (Lipinski definition) is 1. The molecule has 4 rings (SSSR count).